The van der Waals surface area contributed by atoms with E-state index in [0.717, 1.165) is 50.6 Å². The van der Waals surface area contributed by atoms with Crippen LogP contribution < -0.4 is 9.47 Å². The lowest BCUT2D eigenvalue weighted by Gasteiger charge is -2.39. The first-order valence-electron chi connectivity index (χ1n) is 9.74. The molecule has 0 unspecified atom stereocenters. The Morgan fingerprint density at radius 1 is 1.19 bits per heavy atom. The van der Waals surface area contributed by atoms with Gasteiger partial charge in [-0.05, 0) is 37.0 Å². The van der Waals surface area contributed by atoms with E-state index in [9.17, 15) is 9.90 Å². The third kappa shape index (κ3) is 4.05. The molecule has 0 radical (unpaired) electrons. The zero-order valence-electron chi connectivity index (χ0n) is 15.8. The molecule has 2 aliphatic heterocycles. The van der Waals surface area contributed by atoms with Gasteiger partial charge in [-0.15, -0.1) is 0 Å². The van der Waals surface area contributed by atoms with Gasteiger partial charge in [-0.1, -0.05) is 6.07 Å². The molecule has 7 nitrogen and oxygen atoms in total. The molecule has 0 spiro atoms. The number of aliphatic hydroxyl groups excluding tert-OH is 1. The molecule has 27 heavy (non-hydrogen) atoms. The molecule has 4 rings (SSSR count). The Bertz CT molecular complexity index is 674. The molecule has 1 saturated carbocycles. The number of methoxy groups -OCH3 is 1. The Morgan fingerprint density at radius 2 is 1.96 bits per heavy atom. The van der Waals surface area contributed by atoms with Crippen LogP contribution in [0.25, 0.3) is 0 Å². The van der Waals surface area contributed by atoms with Gasteiger partial charge < -0.3 is 24.2 Å². The average Bonchev–Trinajstić information content (AvgIpc) is 3.16. The molecule has 0 bridgehead atoms. The van der Waals surface area contributed by atoms with Gasteiger partial charge >= 0.3 is 0 Å². The second-order valence-corrected chi connectivity index (χ2v) is 7.64. The molecule has 0 aromatic heterocycles. The highest BCUT2D eigenvalue weighted by Crippen LogP contribution is 2.33. The van der Waals surface area contributed by atoms with Gasteiger partial charge in [0.05, 0.1) is 12.2 Å². The Labute approximate surface area is 159 Å². The van der Waals surface area contributed by atoms with Gasteiger partial charge in [-0.3, -0.25) is 9.69 Å². The molecule has 3 atom stereocenters. The van der Waals surface area contributed by atoms with Crippen molar-refractivity contribution < 1.29 is 24.1 Å². The highest BCUT2D eigenvalue weighted by Gasteiger charge is 2.35. The van der Waals surface area contributed by atoms with Gasteiger partial charge in [0, 0.05) is 45.8 Å². The minimum atomic E-state index is -0.447. The zero-order valence-corrected chi connectivity index (χ0v) is 15.8. The molecule has 1 aromatic rings. The fourth-order valence-electron chi connectivity index (χ4n) is 4.27. The van der Waals surface area contributed by atoms with E-state index in [0.29, 0.717) is 19.6 Å². The topological polar surface area (TPSA) is 71.5 Å². The number of aliphatic hydroxyl groups is 1. The van der Waals surface area contributed by atoms with Crippen molar-refractivity contribution in [2.45, 2.75) is 38.0 Å². The Balaban J connectivity index is 1.28. The quantitative estimate of drug-likeness (QED) is 0.853. The molecule has 1 aliphatic carbocycles. The Hall–Kier alpha value is -1.83. The monoisotopic (exact) mass is 376 g/mol. The van der Waals surface area contributed by atoms with Crippen LogP contribution in [0.2, 0.25) is 0 Å². The number of hydrogen-bond donors (Lipinski definition) is 1. The number of benzene rings is 1. The molecular formula is C20H28N2O5. The van der Waals surface area contributed by atoms with Crippen molar-refractivity contribution in [2.75, 3.05) is 40.1 Å². The van der Waals surface area contributed by atoms with E-state index in [1.54, 1.807) is 7.11 Å². The first-order valence-corrected chi connectivity index (χ1v) is 9.74. The van der Waals surface area contributed by atoms with Gasteiger partial charge in [-0.2, -0.15) is 0 Å². The largest absolute Gasteiger partial charge is 0.454 e. The van der Waals surface area contributed by atoms with Crippen molar-refractivity contribution in [1.82, 2.24) is 9.80 Å². The highest BCUT2D eigenvalue weighted by molar-refractivity contribution is 5.79. The first-order chi connectivity index (χ1) is 13.1. The fourth-order valence-corrected chi connectivity index (χ4v) is 4.27. The van der Waals surface area contributed by atoms with E-state index in [2.05, 4.69) is 11.0 Å². The van der Waals surface area contributed by atoms with E-state index < -0.39 is 6.10 Å². The smallest absolute Gasteiger partial charge is 0.231 e. The van der Waals surface area contributed by atoms with E-state index in [4.69, 9.17) is 14.2 Å². The summed E-state index contributed by atoms with van der Waals surface area (Å²) in [6, 6.07) is 6.07. The lowest BCUT2D eigenvalue weighted by molar-refractivity contribution is -0.142. The average molecular weight is 376 g/mol. The summed E-state index contributed by atoms with van der Waals surface area (Å²) in [4.78, 5) is 17.2. The van der Waals surface area contributed by atoms with Crippen LogP contribution in [0.4, 0.5) is 0 Å². The fraction of sp³-hybridized carbons (Fsp3) is 0.650. The standard InChI is InChI=1S/C20H28N2O5/c1-25-18-11-15(3-4-16(18)23)20(24)22-8-6-21(7-9-22)12-14-2-5-17-19(10-14)27-13-26-17/h2,5,10,15-16,18,23H,3-4,6-9,11-13H2,1H3/t15-,16+,18-/m1/s1. The SMILES string of the molecule is CO[C@@H]1C[C@H](C(=O)N2CCN(Cc3ccc4c(c3)OCO4)CC2)CC[C@@H]1O. The van der Waals surface area contributed by atoms with Crippen molar-refractivity contribution >= 4 is 5.91 Å². The second kappa shape index (κ2) is 8.04. The van der Waals surface area contributed by atoms with Gasteiger partial charge in [0.2, 0.25) is 12.7 Å². The summed E-state index contributed by atoms with van der Waals surface area (Å²) < 4.78 is 16.1. The highest BCUT2D eigenvalue weighted by atomic mass is 16.7. The lowest BCUT2D eigenvalue weighted by atomic mass is 9.84. The van der Waals surface area contributed by atoms with Gasteiger partial charge in [-0.25, -0.2) is 0 Å². The van der Waals surface area contributed by atoms with Gasteiger partial charge in [0.25, 0.3) is 0 Å². The normalized spacial score (nSPS) is 28.4. The van der Waals surface area contributed by atoms with Crippen molar-refractivity contribution in [3.8, 4) is 11.5 Å². The third-order valence-corrected chi connectivity index (χ3v) is 5.94. The number of nitrogens with zero attached hydrogens (tertiary/aromatic N) is 2. The summed E-state index contributed by atoms with van der Waals surface area (Å²) in [5, 5.41) is 9.94. The number of rotatable bonds is 4. The van der Waals surface area contributed by atoms with Crippen molar-refractivity contribution in [1.29, 1.82) is 0 Å². The molecule has 1 saturated heterocycles. The Morgan fingerprint density at radius 3 is 2.74 bits per heavy atom. The van der Waals surface area contributed by atoms with Crippen LogP contribution in [0.1, 0.15) is 24.8 Å². The maximum atomic E-state index is 12.9. The number of amides is 1. The summed E-state index contributed by atoms with van der Waals surface area (Å²) in [6.45, 7) is 4.37. The lowest BCUT2D eigenvalue weighted by Crippen LogP contribution is -2.51. The maximum Gasteiger partial charge on any atom is 0.231 e. The number of ether oxygens (including phenoxy) is 3. The van der Waals surface area contributed by atoms with Gasteiger partial charge in [0.1, 0.15) is 0 Å². The summed E-state index contributed by atoms with van der Waals surface area (Å²) in [5.74, 6) is 1.81. The number of carbonyl (C=O) groups excluding carboxylic acids is 1. The molecule has 1 aromatic carbocycles. The molecule has 2 heterocycles. The van der Waals surface area contributed by atoms with E-state index in [1.165, 1.54) is 5.56 Å². The number of hydrogen-bond acceptors (Lipinski definition) is 6. The molecular weight excluding hydrogens is 348 g/mol. The van der Waals surface area contributed by atoms with Crippen LogP contribution in [0.3, 0.4) is 0 Å². The first kappa shape index (κ1) is 18.5. The zero-order chi connectivity index (χ0) is 18.8. The predicted molar refractivity (Wildman–Crippen MR) is 98.6 cm³/mol. The number of carbonyl (C=O) groups is 1. The van der Waals surface area contributed by atoms with Crippen LogP contribution in [0, 0.1) is 5.92 Å². The van der Waals surface area contributed by atoms with Crippen LogP contribution in [-0.4, -0.2) is 73.1 Å². The molecule has 2 fully saturated rings. The molecule has 7 heteroatoms. The maximum absolute atomic E-state index is 12.9. The predicted octanol–water partition coefficient (Wildman–Crippen LogP) is 1.24. The Kier molecular flexibility index (Phi) is 5.52. The van der Waals surface area contributed by atoms with E-state index >= 15 is 0 Å². The molecule has 1 amide bonds. The van der Waals surface area contributed by atoms with Crippen LogP contribution >= 0.6 is 0 Å². The van der Waals surface area contributed by atoms with Crippen LogP contribution in [-0.2, 0) is 16.1 Å². The van der Waals surface area contributed by atoms with E-state index in [1.807, 2.05) is 17.0 Å². The summed E-state index contributed by atoms with van der Waals surface area (Å²) in [5.41, 5.74) is 1.20. The van der Waals surface area contributed by atoms with Gasteiger partial charge in [0.15, 0.2) is 11.5 Å². The number of fused-ring (bicyclic) bond motifs is 1. The second-order valence-electron chi connectivity index (χ2n) is 7.64. The van der Waals surface area contributed by atoms with Crippen molar-refractivity contribution in [3.05, 3.63) is 23.8 Å². The van der Waals surface area contributed by atoms with Crippen LogP contribution in [0.5, 0.6) is 11.5 Å². The van der Waals surface area contributed by atoms with E-state index in [-0.39, 0.29) is 17.9 Å². The van der Waals surface area contributed by atoms with Crippen molar-refractivity contribution in [3.63, 3.8) is 0 Å². The summed E-state index contributed by atoms with van der Waals surface area (Å²) in [7, 11) is 1.61. The molecule has 3 aliphatic rings. The molecule has 1 N–H and O–H groups in total. The van der Waals surface area contributed by atoms with Crippen molar-refractivity contribution in [2.24, 2.45) is 5.92 Å². The molecule has 148 valence electrons. The van der Waals surface area contributed by atoms with Crippen LogP contribution in [0.15, 0.2) is 18.2 Å². The summed E-state index contributed by atoms with van der Waals surface area (Å²) in [6.07, 6.45) is 1.34. The minimum Gasteiger partial charge on any atom is -0.454 e. The third-order valence-electron chi connectivity index (χ3n) is 5.94. The minimum absolute atomic E-state index is 0.0289. The summed E-state index contributed by atoms with van der Waals surface area (Å²) >= 11 is 0. The number of piperazine rings is 1.